The van der Waals surface area contributed by atoms with Gasteiger partial charge in [0.25, 0.3) is 0 Å². The van der Waals surface area contributed by atoms with Crippen LogP contribution < -0.4 is 10.1 Å². The summed E-state index contributed by atoms with van der Waals surface area (Å²) in [6.45, 7) is 1.41. The average Bonchev–Trinajstić information content (AvgIpc) is 2.40. The summed E-state index contributed by atoms with van der Waals surface area (Å²) in [6, 6.07) is 5.54. The van der Waals surface area contributed by atoms with Gasteiger partial charge in [-0.2, -0.15) is 4.98 Å². The van der Waals surface area contributed by atoms with Gasteiger partial charge in [0.1, 0.15) is 5.82 Å². The van der Waals surface area contributed by atoms with E-state index in [4.69, 9.17) is 9.47 Å². The second kappa shape index (κ2) is 5.33. The largest absolute Gasteiger partial charge is 0.481 e. The van der Waals surface area contributed by atoms with Crippen LogP contribution in [0.5, 0.6) is 5.88 Å². The van der Waals surface area contributed by atoms with Gasteiger partial charge < -0.3 is 19.9 Å². The van der Waals surface area contributed by atoms with Crippen LogP contribution in [-0.4, -0.2) is 42.6 Å². The number of methoxy groups -OCH3 is 1. The van der Waals surface area contributed by atoms with Crippen LogP contribution in [0.2, 0.25) is 0 Å². The molecule has 1 saturated heterocycles. The highest BCUT2D eigenvalue weighted by Gasteiger charge is 2.32. The molecule has 0 unspecified atom stereocenters. The first-order valence-electron chi connectivity index (χ1n) is 5.76. The first-order valence-corrected chi connectivity index (χ1v) is 5.76. The molecule has 94 valence electrons. The minimum atomic E-state index is -0.322. The lowest BCUT2D eigenvalue weighted by atomic mass is 9.91. The molecule has 2 heterocycles. The number of aromatic nitrogens is 1. The van der Waals surface area contributed by atoms with Gasteiger partial charge in [0.2, 0.25) is 5.88 Å². The molecular formula is C12H18N2O3. The molecule has 1 aromatic heterocycles. The molecular weight excluding hydrogens is 220 g/mol. The van der Waals surface area contributed by atoms with E-state index >= 15 is 0 Å². The van der Waals surface area contributed by atoms with E-state index in [-0.39, 0.29) is 12.1 Å². The number of rotatable bonds is 4. The van der Waals surface area contributed by atoms with Crippen LogP contribution in [0.15, 0.2) is 18.2 Å². The molecule has 5 heteroatoms. The molecule has 2 N–H and O–H groups in total. The van der Waals surface area contributed by atoms with Crippen LogP contribution >= 0.6 is 0 Å². The van der Waals surface area contributed by atoms with E-state index in [2.05, 4.69) is 10.3 Å². The lowest BCUT2D eigenvalue weighted by Crippen LogP contribution is -2.47. The summed E-state index contributed by atoms with van der Waals surface area (Å²) in [5.74, 6) is 1.29. The number of hydrogen-bond donors (Lipinski definition) is 2. The quantitative estimate of drug-likeness (QED) is 0.820. The summed E-state index contributed by atoms with van der Waals surface area (Å²) < 4.78 is 10.4. The number of anilines is 1. The molecule has 1 aliphatic rings. The molecule has 0 aliphatic carbocycles. The van der Waals surface area contributed by atoms with E-state index in [1.165, 1.54) is 0 Å². The number of pyridine rings is 1. The number of nitrogens with zero attached hydrogens (tertiary/aromatic N) is 1. The maximum absolute atomic E-state index is 9.55. The lowest BCUT2D eigenvalue weighted by Gasteiger charge is -2.36. The van der Waals surface area contributed by atoms with Gasteiger partial charge >= 0.3 is 0 Å². The fraction of sp³-hybridized carbons (Fsp3) is 0.583. The third-order valence-electron chi connectivity index (χ3n) is 3.08. The Bertz CT molecular complexity index is 365. The second-order valence-corrected chi connectivity index (χ2v) is 4.24. The monoisotopic (exact) mass is 238 g/mol. The fourth-order valence-corrected chi connectivity index (χ4v) is 1.95. The standard InChI is InChI=1S/C12H18N2O3/c1-16-11-4-2-3-10(13-11)14-12(9-15)5-7-17-8-6-12/h2-4,15H,5-9H2,1H3,(H,13,14). The third kappa shape index (κ3) is 2.87. The van der Waals surface area contributed by atoms with Crippen molar-refractivity contribution in [3.05, 3.63) is 18.2 Å². The molecule has 1 aliphatic heterocycles. The molecule has 2 rings (SSSR count). The smallest absolute Gasteiger partial charge is 0.214 e. The van der Waals surface area contributed by atoms with Crippen molar-refractivity contribution in [3.8, 4) is 5.88 Å². The van der Waals surface area contributed by atoms with Crippen molar-refractivity contribution in [3.63, 3.8) is 0 Å². The number of ether oxygens (including phenoxy) is 2. The van der Waals surface area contributed by atoms with Crippen molar-refractivity contribution in [1.82, 2.24) is 4.98 Å². The van der Waals surface area contributed by atoms with Crippen LogP contribution in [0, 0.1) is 0 Å². The zero-order valence-electron chi connectivity index (χ0n) is 9.98. The molecule has 0 atom stereocenters. The van der Waals surface area contributed by atoms with Crippen LogP contribution in [0.25, 0.3) is 0 Å². The molecule has 0 radical (unpaired) electrons. The normalized spacial score (nSPS) is 18.7. The van der Waals surface area contributed by atoms with Gasteiger partial charge in [0.05, 0.1) is 19.3 Å². The Morgan fingerprint density at radius 2 is 2.24 bits per heavy atom. The Hall–Kier alpha value is -1.33. The maximum Gasteiger partial charge on any atom is 0.214 e. The predicted octanol–water partition coefficient (Wildman–Crippen LogP) is 1.04. The molecule has 1 aromatic rings. The Labute approximate surface area is 101 Å². The number of hydrogen-bond acceptors (Lipinski definition) is 5. The van der Waals surface area contributed by atoms with Crippen LogP contribution in [-0.2, 0) is 4.74 Å². The van der Waals surface area contributed by atoms with Gasteiger partial charge in [-0.1, -0.05) is 6.07 Å². The van der Waals surface area contributed by atoms with Gasteiger partial charge in [0, 0.05) is 19.3 Å². The maximum atomic E-state index is 9.55. The van der Waals surface area contributed by atoms with E-state index in [9.17, 15) is 5.11 Å². The molecule has 0 aromatic carbocycles. The Kier molecular flexibility index (Phi) is 3.81. The van der Waals surface area contributed by atoms with Crippen molar-refractivity contribution < 1.29 is 14.6 Å². The highest BCUT2D eigenvalue weighted by molar-refractivity contribution is 5.40. The lowest BCUT2D eigenvalue weighted by molar-refractivity contribution is 0.0378. The van der Waals surface area contributed by atoms with Crippen molar-refractivity contribution in [2.45, 2.75) is 18.4 Å². The van der Waals surface area contributed by atoms with Crippen molar-refractivity contribution in [1.29, 1.82) is 0 Å². The zero-order valence-corrected chi connectivity index (χ0v) is 9.98. The van der Waals surface area contributed by atoms with Crippen LogP contribution in [0.1, 0.15) is 12.8 Å². The zero-order chi connectivity index (χ0) is 12.1. The topological polar surface area (TPSA) is 63.6 Å². The Balaban J connectivity index is 2.11. The van der Waals surface area contributed by atoms with Crippen LogP contribution in [0.4, 0.5) is 5.82 Å². The molecule has 1 fully saturated rings. The summed E-state index contributed by atoms with van der Waals surface area (Å²) in [5, 5.41) is 12.8. The van der Waals surface area contributed by atoms with Crippen LogP contribution in [0.3, 0.4) is 0 Å². The summed E-state index contributed by atoms with van der Waals surface area (Å²) in [4.78, 5) is 4.29. The number of aliphatic hydroxyl groups is 1. The Morgan fingerprint density at radius 1 is 1.47 bits per heavy atom. The van der Waals surface area contributed by atoms with E-state index in [1.807, 2.05) is 12.1 Å². The second-order valence-electron chi connectivity index (χ2n) is 4.24. The average molecular weight is 238 g/mol. The predicted molar refractivity (Wildman–Crippen MR) is 64.3 cm³/mol. The molecule has 0 bridgehead atoms. The van der Waals surface area contributed by atoms with Gasteiger partial charge in [-0.25, -0.2) is 0 Å². The van der Waals surface area contributed by atoms with E-state index < -0.39 is 0 Å². The number of nitrogens with one attached hydrogen (secondary N) is 1. The highest BCUT2D eigenvalue weighted by Crippen LogP contribution is 2.25. The van der Waals surface area contributed by atoms with Gasteiger partial charge in [-0.05, 0) is 18.9 Å². The number of aliphatic hydroxyl groups excluding tert-OH is 1. The van der Waals surface area contributed by atoms with Gasteiger partial charge in [-0.15, -0.1) is 0 Å². The summed E-state index contributed by atoms with van der Waals surface area (Å²) in [5.41, 5.74) is -0.322. The minimum absolute atomic E-state index is 0.0786. The van der Waals surface area contributed by atoms with Crippen molar-refractivity contribution in [2.24, 2.45) is 0 Å². The minimum Gasteiger partial charge on any atom is -0.481 e. The molecule has 0 spiro atoms. The van der Waals surface area contributed by atoms with Crippen molar-refractivity contribution >= 4 is 5.82 Å². The SMILES string of the molecule is COc1cccc(NC2(CO)CCOCC2)n1. The van der Waals surface area contributed by atoms with E-state index in [0.29, 0.717) is 19.1 Å². The third-order valence-corrected chi connectivity index (χ3v) is 3.08. The van der Waals surface area contributed by atoms with Gasteiger partial charge in [-0.3, -0.25) is 0 Å². The molecule has 0 amide bonds. The summed E-state index contributed by atoms with van der Waals surface area (Å²) in [6.07, 6.45) is 1.56. The van der Waals surface area contributed by atoms with E-state index in [1.54, 1.807) is 13.2 Å². The van der Waals surface area contributed by atoms with Gasteiger partial charge in [0.15, 0.2) is 0 Å². The molecule has 17 heavy (non-hydrogen) atoms. The fourth-order valence-electron chi connectivity index (χ4n) is 1.95. The first kappa shape index (κ1) is 12.1. The van der Waals surface area contributed by atoms with Crippen molar-refractivity contribution in [2.75, 3.05) is 32.2 Å². The van der Waals surface area contributed by atoms with E-state index in [0.717, 1.165) is 18.7 Å². The Morgan fingerprint density at radius 3 is 2.88 bits per heavy atom. The first-order chi connectivity index (χ1) is 8.28. The highest BCUT2D eigenvalue weighted by atomic mass is 16.5. The molecule has 5 nitrogen and oxygen atoms in total. The molecule has 0 saturated carbocycles. The summed E-state index contributed by atoms with van der Waals surface area (Å²) in [7, 11) is 1.59. The summed E-state index contributed by atoms with van der Waals surface area (Å²) >= 11 is 0.